The molecule has 0 radical (unpaired) electrons. The Kier molecular flexibility index (Phi) is 4.16. The molecule has 1 amide bonds. The van der Waals surface area contributed by atoms with Crippen molar-refractivity contribution in [3.05, 3.63) is 72.0 Å². The van der Waals surface area contributed by atoms with Crippen molar-refractivity contribution in [2.45, 2.75) is 18.8 Å². The van der Waals surface area contributed by atoms with Gasteiger partial charge in [-0.1, -0.05) is 29.4 Å². The van der Waals surface area contributed by atoms with Crippen LogP contribution in [0.15, 0.2) is 59.3 Å². The molecule has 1 fully saturated rings. The van der Waals surface area contributed by atoms with Gasteiger partial charge in [0.25, 0.3) is 5.91 Å². The Labute approximate surface area is 165 Å². The van der Waals surface area contributed by atoms with Gasteiger partial charge >= 0.3 is 0 Å². The van der Waals surface area contributed by atoms with Crippen LogP contribution >= 0.6 is 0 Å². The van der Waals surface area contributed by atoms with Gasteiger partial charge in [0.2, 0.25) is 11.7 Å². The fraction of sp³-hybridized carbons (Fsp3) is 0.143. The first kappa shape index (κ1) is 17.3. The van der Waals surface area contributed by atoms with Crippen LogP contribution < -0.4 is 5.32 Å². The van der Waals surface area contributed by atoms with E-state index in [1.165, 1.54) is 12.3 Å². The molecule has 1 aliphatic rings. The fourth-order valence-electron chi connectivity index (χ4n) is 3.09. The topological polar surface area (TPSA) is 96.7 Å². The Morgan fingerprint density at radius 2 is 2.03 bits per heavy atom. The van der Waals surface area contributed by atoms with Crippen LogP contribution in [0.5, 0.6) is 0 Å². The van der Waals surface area contributed by atoms with E-state index in [0.29, 0.717) is 45.7 Å². The molecule has 2 aromatic heterocycles. The Hall–Kier alpha value is -3.81. The number of hydrogen-bond acceptors (Lipinski definition) is 5. The molecule has 2 heterocycles. The molecule has 2 aromatic carbocycles. The quantitative estimate of drug-likeness (QED) is 0.527. The van der Waals surface area contributed by atoms with E-state index in [2.05, 4.69) is 25.7 Å². The third-order valence-corrected chi connectivity index (χ3v) is 4.78. The zero-order chi connectivity index (χ0) is 19.8. The van der Waals surface area contributed by atoms with Gasteiger partial charge < -0.3 is 9.84 Å². The molecule has 1 aliphatic carbocycles. The molecule has 7 nitrogen and oxygen atoms in total. The molecular weight excluding hydrogens is 373 g/mol. The maximum atomic E-state index is 14.1. The van der Waals surface area contributed by atoms with E-state index in [-0.39, 0.29) is 5.91 Å². The highest BCUT2D eigenvalue weighted by molar-refractivity contribution is 6.06. The molecule has 0 atom stereocenters. The summed E-state index contributed by atoms with van der Waals surface area (Å²) < 4.78 is 19.4. The van der Waals surface area contributed by atoms with Gasteiger partial charge in [0.15, 0.2) is 0 Å². The first-order valence-corrected chi connectivity index (χ1v) is 9.22. The Morgan fingerprint density at radius 1 is 1.17 bits per heavy atom. The molecule has 0 spiro atoms. The van der Waals surface area contributed by atoms with E-state index >= 15 is 0 Å². The van der Waals surface area contributed by atoms with Gasteiger partial charge in [-0.25, -0.2) is 4.39 Å². The number of H-pyrrole nitrogens is 1. The second kappa shape index (κ2) is 6.97. The number of nitrogens with one attached hydrogen (secondary N) is 2. The molecule has 0 bridgehead atoms. The zero-order valence-corrected chi connectivity index (χ0v) is 15.2. The summed E-state index contributed by atoms with van der Waals surface area (Å²) in [5.74, 6) is 0.704. The lowest BCUT2D eigenvalue weighted by Gasteiger charge is -2.07. The lowest BCUT2D eigenvalue weighted by atomic mass is 10.1. The summed E-state index contributed by atoms with van der Waals surface area (Å²) in [6, 6.07) is 13.2. The van der Waals surface area contributed by atoms with Gasteiger partial charge in [-0.3, -0.25) is 9.89 Å². The second-order valence-electron chi connectivity index (χ2n) is 6.90. The Bertz CT molecular complexity index is 1200. The van der Waals surface area contributed by atoms with E-state index in [1.54, 1.807) is 36.4 Å². The highest BCUT2D eigenvalue weighted by Gasteiger charge is 2.29. The number of hydrogen-bond donors (Lipinski definition) is 2. The molecule has 5 rings (SSSR count). The lowest BCUT2D eigenvalue weighted by molar-refractivity contribution is 0.102. The van der Waals surface area contributed by atoms with Crippen LogP contribution in [0.4, 0.5) is 10.1 Å². The number of amides is 1. The lowest BCUT2D eigenvalue weighted by Crippen LogP contribution is -2.12. The van der Waals surface area contributed by atoms with Crippen molar-refractivity contribution in [2.75, 3.05) is 5.32 Å². The number of aromatic nitrogens is 4. The van der Waals surface area contributed by atoms with Crippen LogP contribution in [-0.2, 0) is 0 Å². The maximum absolute atomic E-state index is 14.1. The van der Waals surface area contributed by atoms with Gasteiger partial charge in [0.1, 0.15) is 5.82 Å². The normalized spacial score (nSPS) is 13.4. The molecule has 0 saturated heterocycles. The summed E-state index contributed by atoms with van der Waals surface area (Å²) in [6.45, 7) is 0. The van der Waals surface area contributed by atoms with Gasteiger partial charge in [0, 0.05) is 22.6 Å². The molecule has 29 heavy (non-hydrogen) atoms. The first-order valence-electron chi connectivity index (χ1n) is 9.22. The molecular formula is C21H16FN5O2. The summed E-state index contributed by atoms with van der Waals surface area (Å²) in [4.78, 5) is 17.2. The largest absolute Gasteiger partial charge is 0.339 e. The van der Waals surface area contributed by atoms with E-state index in [9.17, 15) is 9.18 Å². The highest BCUT2D eigenvalue weighted by atomic mass is 19.1. The van der Waals surface area contributed by atoms with Gasteiger partial charge in [-0.05, 0) is 37.1 Å². The van der Waals surface area contributed by atoms with Crippen molar-refractivity contribution < 1.29 is 13.7 Å². The summed E-state index contributed by atoms with van der Waals surface area (Å²) >= 11 is 0. The fourth-order valence-corrected chi connectivity index (χ4v) is 3.09. The highest BCUT2D eigenvalue weighted by Crippen LogP contribution is 2.39. The van der Waals surface area contributed by atoms with Gasteiger partial charge in [-0.15, -0.1) is 0 Å². The number of carbonyl (C=O) groups excluding carboxylic acids is 1. The van der Waals surface area contributed by atoms with Crippen molar-refractivity contribution in [3.8, 4) is 22.6 Å². The summed E-state index contributed by atoms with van der Waals surface area (Å²) in [6.07, 6.45) is 3.59. The van der Waals surface area contributed by atoms with Crippen LogP contribution in [0.2, 0.25) is 0 Å². The predicted octanol–water partition coefficient (Wildman–Crippen LogP) is 4.40. The minimum Gasteiger partial charge on any atom is -0.339 e. The maximum Gasteiger partial charge on any atom is 0.255 e. The van der Waals surface area contributed by atoms with E-state index in [1.807, 2.05) is 6.07 Å². The molecule has 0 unspecified atom stereocenters. The van der Waals surface area contributed by atoms with Crippen molar-refractivity contribution in [1.82, 2.24) is 20.3 Å². The number of halogens is 1. The molecule has 0 aliphatic heterocycles. The third kappa shape index (κ3) is 3.40. The van der Waals surface area contributed by atoms with Crippen molar-refractivity contribution in [3.63, 3.8) is 0 Å². The number of rotatable bonds is 5. The Morgan fingerprint density at radius 3 is 2.86 bits per heavy atom. The van der Waals surface area contributed by atoms with Crippen molar-refractivity contribution in [1.29, 1.82) is 0 Å². The average molecular weight is 389 g/mol. The van der Waals surface area contributed by atoms with Crippen molar-refractivity contribution >= 4 is 11.6 Å². The average Bonchev–Trinajstić information content (AvgIpc) is 3.29. The molecule has 144 valence electrons. The van der Waals surface area contributed by atoms with Crippen LogP contribution in [0.3, 0.4) is 0 Å². The zero-order valence-electron chi connectivity index (χ0n) is 15.2. The number of aromatic amines is 1. The first-order chi connectivity index (χ1) is 14.2. The van der Waals surface area contributed by atoms with Crippen LogP contribution in [0.1, 0.15) is 35.0 Å². The Balaban J connectivity index is 1.39. The van der Waals surface area contributed by atoms with Crippen molar-refractivity contribution in [2.24, 2.45) is 0 Å². The number of anilines is 1. The smallest absolute Gasteiger partial charge is 0.255 e. The number of carbonyl (C=O) groups is 1. The minimum absolute atomic E-state index is 0.327. The van der Waals surface area contributed by atoms with E-state index in [0.717, 1.165) is 12.8 Å². The number of benzene rings is 2. The minimum atomic E-state index is -0.405. The summed E-state index contributed by atoms with van der Waals surface area (Å²) in [5, 5.41) is 13.5. The molecule has 2 N–H and O–H groups in total. The monoisotopic (exact) mass is 389 g/mol. The van der Waals surface area contributed by atoms with Gasteiger partial charge in [-0.2, -0.15) is 10.1 Å². The molecule has 8 heteroatoms. The summed E-state index contributed by atoms with van der Waals surface area (Å²) in [5.41, 5.74) is 2.23. The molecule has 4 aromatic rings. The number of nitrogens with zero attached hydrogens (tertiary/aromatic N) is 3. The second-order valence-corrected chi connectivity index (χ2v) is 6.90. The SMILES string of the molecule is O=C(Nc1cn[nH]c1-c1ccccc1F)c1cccc(-c2noc(C3CC3)n2)c1. The molecule has 1 saturated carbocycles. The third-order valence-electron chi connectivity index (χ3n) is 4.78. The van der Waals surface area contributed by atoms with Crippen LogP contribution in [-0.4, -0.2) is 26.2 Å². The van der Waals surface area contributed by atoms with E-state index in [4.69, 9.17) is 4.52 Å². The predicted molar refractivity (Wildman–Crippen MR) is 104 cm³/mol. The van der Waals surface area contributed by atoms with E-state index < -0.39 is 5.82 Å². The summed E-state index contributed by atoms with van der Waals surface area (Å²) in [7, 11) is 0. The standard InChI is InChI=1S/C21H16FN5O2/c22-16-7-2-1-6-15(16)18-17(11-23-26-18)24-20(28)14-5-3-4-13(10-14)19-25-21(29-27-19)12-8-9-12/h1-7,10-12H,8-9H2,(H,23,26)(H,24,28). The van der Waals surface area contributed by atoms with Crippen LogP contribution in [0.25, 0.3) is 22.6 Å². The van der Waals surface area contributed by atoms with Crippen LogP contribution in [0, 0.1) is 5.82 Å². The van der Waals surface area contributed by atoms with Gasteiger partial charge in [0.05, 0.1) is 17.6 Å².